The summed E-state index contributed by atoms with van der Waals surface area (Å²) in [6.45, 7) is 4.95. The van der Waals surface area contributed by atoms with Gasteiger partial charge in [0.2, 0.25) is 0 Å². The molecule has 15 nitrogen and oxygen atoms in total. The highest BCUT2D eigenvalue weighted by Crippen LogP contribution is 2.34. The molecule has 0 bridgehead atoms. The summed E-state index contributed by atoms with van der Waals surface area (Å²) in [5.74, 6) is -2.84. The van der Waals surface area contributed by atoms with Gasteiger partial charge in [-0.05, 0) is 0 Å². The van der Waals surface area contributed by atoms with E-state index in [9.17, 15) is 24.0 Å². The molecule has 0 spiro atoms. The third-order valence-electron chi connectivity index (χ3n) is 4.98. The van der Waals surface area contributed by atoms with E-state index in [4.69, 9.17) is 28.4 Å². The molecular weight excluding hydrogens is 472 g/mol. The number of carbonyl (C=O) groups excluding carboxylic acids is 5. The van der Waals surface area contributed by atoms with Gasteiger partial charge in [0.25, 0.3) is 0 Å². The second kappa shape index (κ2) is 11.1. The summed E-state index contributed by atoms with van der Waals surface area (Å²) in [5.41, 5.74) is 0.372. The number of esters is 4. The lowest BCUT2D eigenvalue weighted by molar-refractivity contribution is -0.270. The van der Waals surface area contributed by atoms with E-state index in [0.29, 0.717) is 12.2 Å². The fourth-order valence-electron chi connectivity index (χ4n) is 3.69. The first kappa shape index (κ1) is 25.9. The largest absolute Gasteiger partial charge is 0.463 e. The van der Waals surface area contributed by atoms with Crippen LogP contribution in [0.3, 0.4) is 0 Å². The zero-order valence-corrected chi connectivity index (χ0v) is 19.6. The number of ether oxygens (including phenoxy) is 6. The Kier molecular flexibility index (Phi) is 8.22. The molecule has 2 fully saturated rings. The number of aromatic nitrogens is 3. The predicted molar refractivity (Wildman–Crippen MR) is 109 cm³/mol. The van der Waals surface area contributed by atoms with Crippen LogP contribution in [-0.2, 0) is 54.1 Å². The molecule has 15 heteroatoms. The minimum atomic E-state index is -1.33. The van der Waals surface area contributed by atoms with Crippen molar-refractivity contribution in [3.63, 3.8) is 0 Å². The maximum atomic E-state index is 11.9. The SMILES string of the molecule is CC(=O)OC[C@H]1O[C@@H](n2cc(CN3CCOC3=O)nn2)[C@H](OC(C)=O)[C@@H](OC(C)=O)[C@@H]1OC(C)=O. The summed E-state index contributed by atoms with van der Waals surface area (Å²) in [6.07, 6.45) is -5.31. The Hall–Kier alpha value is -3.75. The molecule has 3 rings (SSSR count). The molecule has 2 aliphatic heterocycles. The third-order valence-corrected chi connectivity index (χ3v) is 4.98. The van der Waals surface area contributed by atoms with Crippen LogP contribution in [0.2, 0.25) is 0 Å². The molecule has 1 aromatic heterocycles. The first-order valence-corrected chi connectivity index (χ1v) is 10.7. The Bertz CT molecular complexity index is 980. The van der Waals surface area contributed by atoms with Crippen molar-refractivity contribution in [2.24, 2.45) is 0 Å². The number of cyclic esters (lactones) is 1. The lowest BCUT2D eigenvalue weighted by Crippen LogP contribution is -2.60. The predicted octanol–water partition coefficient (Wildman–Crippen LogP) is -0.514. The highest BCUT2D eigenvalue weighted by Gasteiger charge is 2.53. The highest BCUT2D eigenvalue weighted by molar-refractivity contribution is 5.69. The molecule has 0 unspecified atom stereocenters. The van der Waals surface area contributed by atoms with Crippen LogP contribution in [0.5, 0.6) is 0 Å². The van der Waals surface area contributed by atoms with Gasteiger partial charge >= 0.3 is 30.0 Å². The van der Waals surface area contributed by atoms with E-state index >= 15 is 0 Å². The van der Waals surface area contributed by atoms with Crippen LogP contribution in [-0.4, -0.2) is 94.0 Å². The average Bonchev–Trinajstić information content (AvgIpc) is 3.38. The second-order valence-electron chi connectivity index (χ2n) is 7.82. The summed E-state index contributed by atoms with van der Waals surface area (Å²) in [6, 6.07) is 0. The van der Waals surface area contributed by atoms with Gasteiger partial charge in [-0.15, -0.1) is 5.10 Å². The van der Waals surface area contributed by atoms with Crippen LogP contribution in [0.25, 0.3) is 0 Å². The molecule has 3 heterocycles. The maximum absolute atomic E-state index is 11.9. The van der Waals surface area contributed by atoms with Gasteiger partial charge in [0.15, 0.2) is 24.5 Å². The van der Waals surface area contributed by atoms with Crippen LogP contribution in [0.1, 0.15) is 39.6 Å². The summed E-state index contributed by atoms with van der Waals surface area (Å²) >= 11 is 0. The molecule has 35 heavy (non-hydrogen) atoms. The van der Waals surface area contributed by atoms with Gasteiger partial charge in [-0.1, -0.05) is 5.21 Å². The van der Waals surface area contributed by atoms with E-state index < -0.39 is 60.6 Å². The van der Waals surface area contributed by atoms with Crippen LogP contribution in [0, 0.1) is 0 Å². The van der Waals surface area contributed by atoms with Crippen molar-refractivity contribution in [1.82, 2.24) is 19.9 Å². The van der Waals surface area contributed by atoms with Crippen LogP contribution in [0.15, 0.2) is 6.20 Å². The number of amides is 1. The maximum Gasteiger partial charge on any atom is 0.410 e. The lowest BCUT2D eigenvalue weighted by Gasteiger charge is -2.44. The number of hydrogen-bond acceptors (Lipinski definition) is 13. The minimum absolute atomic E-state index is 0.101. The van der Waals surface area contributed by atoms with Crippen molar-refractivity contribution >= 4 is 30.0 Å². The Morgan fingerprint density at radius 1 is 0.971 bits per heavy atom. The van der Waals surface area contributed by atoms with Gasteiger partial charge in [-0.3, -0.25) is 24.1 Å². The molecule has 2 aliphatic rings. The van der Waals surface area contributed by atoms with Crippen LogP contribution < -0.4 is 0 Å². The van der Waals surface area contributed by atoms with Gasteiger partial charge in [-0.25, -0.2) is 9.48 Å². The first-order valence-electron chi connectivity index (χ1n) is 10.7. The smallest absolute Gasteiger partial charge is 0.410 e. The molecule has 0 saturated carbocycles. The average molecular weight is 498 g/mol. The quantitative estimate of drug-likeness (QED) is 0.331. The highest BCUT2D eigenvalue weighted by atomic mass is 16.7. The van der Waals surface area contributed by atoms with Crippen LogP contribution >= 0.6 is 0 Å². The summed E-state index contributed by atoms with van der Waals surface area (Å²) < 4.78 is 33.3. The number of nitrogens with zero attached hydrogens (tertiary/aromatic N) is 4. The van der Waals surface area contributed by atoms with Gasteiger partial charge in [0.1, 0.15) is 25.0 Å². The number of rotatable bonds is 8. The fourth-order valence-corrected chi connectivity index (χ4v) is 3.69. The Morgan fingerprint density at radius 2 is 1.60 bits per heavy atom. The molecular formula is C20H26N4O11. The molecule has 0 N–H and O–H groups in total. The standard InChI is InChI=1S/C20H26N4O11/c1-10(25)31-9-15-16(32-11(2)26)17(33-12(3)27)18(34-13(4)28)19(35-15)24-8-14(21-22-24)7-23-5-6-30-20(23)29/h8,15-19H,5-7,9H2,1-4H3/t15-,16-,17+,18-,19-/m1/s1. The van der Waals surface area contributed by atoms with Crippen molar-refractivity contribution in [3.05, 3.63) is 11.9 Å². The van der Waals surface area contributed by atoms with E-state index in [1.54, 1.807) is 0 Å². The Labute approximate surface area is 199 Å². The lowest BCUT2D eigenvalue weighted by atomic mass is 9.97. The van der Waals surface area contributed by atoms with Gasteiger partial charge in [0.05, 0.1) is 19.3 Å². The summed E-state index contributed by atoms with van der Waals surface area (Å²) in [4.78, 5) is 60.2. The molecule has 5 atom stereocenters. The molecule has 0 aromatic carbocycles. The van der Waals surface area contributed by atoms with Crippen molar-refractivity contribution in [3.8, 4) is 0 Å². The second-order valence-corrected chi connectivity index (χ2v) is 7.82. The van der Waals surface area contributed by atoms with Crippen molar-refractivity contribution < 1.29 is 52.4 Å². The van der Waals surface area contributed by atoms with Crippen molar-refractivity contribution in [2.75, 3.05) is 19.8 Å². The minimum Gasteiger partial charge on any atom is -0.463 e. The van der Waals surface area contributed by atoms with Gasteiger partial charge in [0, 0.05) is 27.7 Å². The molecule has 1 amide bonds. The molecule has 0 radical (unpaired) electrons. The molecule has 192 valence electrons. The van der Waals surface area contributed by atoms with E-state index in [2.05, 4.69) is 10.3 Å². The molecule has 2 saturated heterocycles. The van der Waals surface area contributed by atoms with Crippen LogP contribution in [0.4, 0.5) is 4.79 Å². The van der Waals surface area contributed by atoms with Crippen molar-refractivity contribution in [1.29, 1.82) is 0 Å². The number of carbonyl (C=O) groups is 5. The topological polar surface area (TPSA) is 175 Å². The first-order chi connectivity index (χ1) is 16.5. The summed E-state index contributed by atoms with van der Waals surface area (Å²) in [5, 5.41) is 8.03. The van der Waals surface area contributed by atoms with Crippen molar-refractivity contribution in [2.45, 2.75) is 64.9 Å². The zero-order valence-electron chi connectivity index (χ0n) is 19.6. The van der Waals surface area contributed by atoms with Gasteiger partial charge < -0.3 is 28.4 Å². The summed E-state index contributed by atoms with van der Waals surface area (Å²) in [7, 11) is 0. The zero-order chi connectivity index (χ0) is 25.7. The van der Waals surface area contributed by atoms with Gasteiger partial charge in [-0.2, -0.15) is 0 Å². The Balaban J connectivity index is 1.95. The van der Waals surface area contributed by atoms with E-state index in [1.165, 1.54) is 22.7 Å². The molecule has 0 aliphatic carbocycles. The number of hydrogen-bond donors (Lipinski definition) is 0. The van der Waals surface area contributed by atoms with E-state index in [-0.39, 0.29) is 19.8 Å². The van der Waals surface area contributed by atoms with E-state index in [1.807, 2.05) is 0 Å². The fraction of sp³-hybridized carbons (Fsp3) is 0.650. The van der Waals surface area contributed by atoms with E-state index in [0.717, 1.165) is 20.8 Å². The normalized spacial score (nSPS) is 26.0. The molecule has 1 aromatic rings. The monoisotopic (exact) mass is 498 g/mol. The third kappa shape index (κ3) is 6.65. The Morgan fingerprint density at radius 3 is 2.17 bits per heavy atom.